The summed E-state index contributed by atoms with van der Waals surface area (Å²) in [4.78, 5) is 12.6. The molecule has 0 amide bonds. The van der Waals surface area contributed by atoms with Crippen molar-refractivity contribution in [2.24, 2.45) is 5.41 Å². The Hall–Kier alpha value is -1.51. The zero-order valence-corrected chi connectivity index (χ0v) is 13.2. The molecule has 1 aliphatic rings. The highest BCUT2D eigenvalue weighted by Crippen LogP contribution is 2.41. The Kier molecular flexibility index (Phi) is 5.66. The number of rotatable bonds is 6. The Morgan fingerprint density at radius 2 is 1.67 bits per heavy atom. The summed E-state index contributed by atoms with van der Waals surface area (Å²) < 4.78 is 11.0. The molecule has 116 valence electrons. The maximum atomic E-state index is 12.6. The van der Waals surface area contributed by atoms with Crippen molar-refractivity contribution in [1.29, 1.82) is 0 Å². The maximum absolute atomic E-state index is 12.6. The Labute approximate surface area is 127 Å². The molecule has 3 heteroatoms. The van der Waals surface area contributed by atoms with Crippen LogP contribution in [0.3, 0.4) is 0 Å². The van der Waals surface area contributed by atoms with E-state index in [0.717, 1.165) is 44.3 Å². The molecule has 3 nitrogen and oxygen atoms in total. The molecule has 0 N–H and O–H groups in total. The summed E-state index contributed by atoms with van der Waals surface area (Å²) in [6.07, 6.45) is 7.41. The summed E-state index contributed by atoms with van der Waals surface area (Å²) in [5, 5.41) is 0. The second-order valence-corrected chi connectivity index (χ2v) is 5.88. The highest BCUT2D eigenvalue weighted by molar-refractivity contribution is 5.79. The summed E-state index contributed by atoms with van der Waals surface area (Å²) in [7, 11) is 0. The molecule has 0 spiro atoms. The SMILES string of the molecule is CCCC1(C(=O)Oc2ccc(OCC)cc2)CCCCC1. The van der Waals surface area contributed by atoms with Gasteiger partial charge in [-0.25, -0.2) is 0 Å². The minimum atomic E-state index is -0.258. The smallest absolute Gasteiger partial charge is 0.317 e. The van der Waals surface area contributed by atoms with Gasteiger partial charge in [0.05, 0.1) is 12.0 Å². The zero-order chi connectivity index (χ0) is 15.1. The molecule has 0 atom stereocenters. The first kappa shape index (κ1) is 15.9. The predicted molar refractivity (Wildman–Crippen MR) is 83.7 cm³/mol. The minimum absolute atomic E-state index is 0.0480. The zero-order valence-electron chi connectivity index (χ0n) is 13.2. The van der Waals surface area contributed by atoms with Gasteiger partial charge in [-0.2, -0.15) is 0 Å². The van der Waals surface area contributed by atoms with E-state index in [1.54, 1.807) is 0 Å². The van der Waals surface area contributed by atoms with Crippen LogP contribution in [-0.4, -0.2) is 12.6 Å². The van der Waals surface area contributed by atoms with Crippen LogP contribution in [0.2, 0.25) is 0 Å². The van der Waals surface area contributed by atoms with Crippen molar-refractivity contribution in [2.45, 2.75) is 58.8 Å². The average molecular weight is 290 g/mol. The lowest BCUT2D eigenvalue weighted by atomic mass is 9.71. The number of benzene rings is 1. The lowest BCUT2D eigenvalue weighted by Gasteiger charge is -2.34. The molecule has 1 aliphatic carbocycles. The Morgan fingerprint density at radius 3 is 2.24 bits per heavy atom. The van der Waals surface area contributed by atoms with E-state index < -0.39 is 0 Å². The average Bonchev–Trinajstić information content (AvgIpc) is 2.51. The summed E-state index contributed by atoms with van der Waals surface area (Å²) in [6.45, 7) is 4.73. The third kappa shape index (κ3) is 3.99. The van der Waals surface area contributed by atoms with Gasteiger partial charge >= 0.3 is 5.97 Å². The fourth-order valence-corrected chi connectivity index (χ4v) is 3.25. The molecule has 0 bridgehead atoms. The molecule has 1 aromatic carbocycles. The first-order chi connectivity index (χ1) is 10.2. The molecule has 0 aromatic heterocycles. The summed E-state index contributed by atoms with van der Waals surface area (Å²) in [5.41, 5.74) is -0.258. The number of hydrogen-bond acceptors (Lipinski definition) is 3. The largest absolute Gasteiger partial charge is 0.494 e. The van der Waals surface area contributed by atoms with Crippen LogP contribution in [0.25, 0.3) is 0 Å². The van der Waals surface area contributed by atoms with Gasteiger partial charge in [0.25, 0.3) is 0 Å². The van der Waals surface area contributed by atoms with Crippen LogP contribution in [0.4, 0.5) is 0 Å². The molecule has 0 heterocycles. The van der Waals surface area contributed by atoms with E-state index in [-0.39, 0.29) is 11.4 Å². The minimum Gasteiger partial charge on any atom is -0.494 e. The third-order valence-electron chi connectivity index (χ3n) is 4.32. The van der Waals surface area contributed by atoms with Gasteiger partial charge in [0.15, 0.2) is 0 Å². The molecule has 1 saturated carbocycles. The van der Waals surface area contributed by atoms with Crippen molar-refractivity contribution >= 4 is 5.97 Å². The number of carbonyl (C=O) groups is 1. The van der Waals surface area contributed by atoms with Crippen molar-refractivity contribution in [3.8, 4) is 11.5 Å². The van der Waals surface area contributed by atoms with Gasteiger partial charge < -0.3 is 9.47 Å². The van der Waals surface area contributed by atoms with Gasteiger partial charge in [0.2, 0.25) is 0 Å². The third-order valence-corrected chi connectivity index (χ3v) is 4.32. The van der Waals surface area contributed by atoms with Crippen molar-refractivity contribution in [3.63, 3.8) is 0 Å². The molecule has 2 rings (SSSR count). The molecular formula is C18H26O3. The number of ether oxygens (including phenoxy) is 2. The summed E-state index contributed by atoms with van der Waals surface area (Å²) >= 11 is 0. The van der Waals surface area contributed by atoms with Gasteiger partial charge in [-0.1, -0.05) is 32.6 Å². The van der Waals surface area contributed by atoms with E-state index in [4.69, 9.17) is 9.47 Å². The second kappa shape index (κ2) is 7.48. The van der Waals surface area contributed by atoms with Crippen LogP contribution >= 0.6 is 0 Å². The second-order valence-electron chi connectivity index (χ2n) is 5.88. The van der Waals surface area contributed by atoms with Crippen LogP contribution < -0.4 is 9.47 Å². The lowest BCUT2D eigenvalue weighted by Crippen LogP contribution is -2.36. The molecule has 0 unspecified atom stereocenters. The van der Waals surface area contributed by atoms with Gasteiger partial charge in [-0.15, -0.1) is 0 Å². The number of carbonyl (C=O) groups excluding carboxylic acids is 1. The van der Waals surface area contributed by atoms with Gasteiger partial charge in [0.1, 0.15) is 11.5 Å². The van der Waals surface area contributed by atoms with Crippen LogP contribution in [0.15, 0.2) is 24.3 Å². The first-order valence-electron chi connectivity index (χ1n) is 8.15. The van der Waals surface area contributed by atoms with Gasteiger partial charge in [-0.05, 0) is 50.5 Å². The number of hydrogen-bond donors (Lipinski definition) is 0. The van der Waals surface area contributed by atoms with Crippen molar-refractivity contribution in [1.82, 2.24) is 0 Å². The Balaban J connectivity index is 2.04. The molecular weight excluding hydrogens is 264 g/mol. The topological polar surface area (TPSA) is 35.5 Å². The van der Waals surface area contributed by atoms with Crippen LogP contribution in [0.1, 0.15) is 58.8 Å². The van der Waals surface area contributed by atoms with E-state index in [2.05, 4.69) is 6.92 Å². The van der Waals surface area contributed by atoms with Crippen LogP contribution in [-0.2, 0) is 4.79 Å². The fourth-order valence-electron chi connectivity index (χ4n) is 3.25. The molecule has 1 fully saturated rings. The van der Waals surface area contributed by atoms with E-state index in [1.165, 1.54) is 6.42 Å². The standard InChI is InChI=1S/C18H26O3/c1-3-12-18(13-6-5-7-14-18)17(19)21-16-10-8-15(9-11-16)20-4-2/h8-11H,3-7,12-14H2,1-2H3. The summed E-state index contributed by atoms with van der Waals surface area (Å²) in [6, 6.07) is 7.32. The first-order valence-corrected chi connectivity index (χ1v) is 8.15. The normalized spacial score (nSPS) is 17.2. The van der Waals surface area contributed by atoms with E-state index in [0.29, 0.717) is 12.4 Å². The highest BCUT2D eigenvalue weighted by Gasteiger charge is 2.40. The van der Waals surface area contributed by atoms with E-state index in [9.17, 15) is 4.79 Å². The van der Waals surface area contributed by atoms with Gasteiger partial charge in [0, 0.05) is 0 Å². The van der Waals surface area contributed by atoms with E-state index >= 15 is 0 Å². The molecule has 0 saturated heterocycles. The van der Waals surface area contributed by atoms with Crippen molar-refractivity contribution < 1.29 is 14.3 Å². The Morgan fingerprint density at radius 1 is 1.05 bits per heavy atom. The fraction of sp³-hybridized carbons (Fsp3) is 0.611. The van der Waals surface area contributed by atoms with Crippen LogP contribution in [0, 0.1) is 5.41 Å². The molecule has 0 aliphatic heterocycles. The lowest BCUT2D eigenvalue weighted by molar-refractivity contribution is -0.148. The predicted octanol–water partition coefficient (Wildman–Crippen LogP) is 4.74. The quantitative estimate of drug-likeness (QED) is 0.560. The number of esters is 1. The maximum Gasteiger partial charge on any atom is 0.317 e. The summed E-state index contributed by atoms with van der Waals surface area (Å²) in [5.74, 6) is 1.37. The highest BCUT2D eigenvalue weighted by atomic mass is 16.5. The Bertz CT molecular complexity index is 439. The van der Waals surface area contributed by atoms with Crippen LogP contribution in [0.5, 0.6) is 11.5 Å². The van der Waals surface area contributed by atoms with E-state index in [1.807, 2.05) is 31.2 Å². The van der Waals surface area contributed by atoms with Crippen molar-refractivity contribution in [3.05, 3.63) is 24.3 Å². The monoisotopic (exact) mass is 290 g/mol. The van der Waals surface area contributed by atoms with Crippen molar-refractivity contribution in [2.75, 3.05) is 6.61 Å². The molecule has 0 radical (unpaired) electrons. The van der Waals surface area contributed by atoms with Gasteiger partial charge in [-0.3, -0.25) is 4.79 Å². The molecule has 1 aromatic rings. The molecule has 21 heavy (non-hydrogen) atoms.